The van der Waals surface area contributed by atoms with E-state index in [-0.39, 0.29) is 11.9 Å². The fourth-order valence-corrected chi connectivity index (χ4v) is 1.84. The van der Waals surface area contributed by atoms with Gasteiger partial charge in [0.1, 0.15) is 0 Å². The normalized spacial score (nSPS) is 12.5. The lowest BCUT2D eigenvalue weighted by molar-refractivity contribution is 0.0939. The summed E-state index contributed by atoms with van der Waals surface area (Å²) in [6, 6.07) is 0.208. The molecule has 0 saturated heterocycles. The van der Waals surface area contributed by atoms with Gasteiger partial charge in [-0.1, -0.05) is 0 Å². The topological polar surface area (TPSA) is 57.8 Å². The second-order valence-electron chi connectivity index (χ2n) is 3.56. The van der Waals surface area contributed by atoms with Crippen LogP contribution in [-0.2, 0) is 0 Å². The molecule has 15 heavy (non-hydrogen) atoms. The lowest BCUT2D eigenvalue weighted by Gasteiger charge is -2.12. The molecule has 0 saturated carbocycles. The molecule has 0 radical (unpaired) electrons. The zero-order valence-electron chi connectivity index (χ0n) is 9.33. The molecule has 0 aliphatic rings. The van der Waals surface area contributed by atoms with E-state index in [1.165, 1.54) is 0 Å². The first-order valence-corrected chi connectivity index (χ1v) is 6.34. The van der Waals surface area contributed by atoms with E-state index in [2.05, 4.69) is 21.8 Å². The second kappa shape index (κ2) is 5.80. The van der Waals surface area contributed by atoms with E-state index < -0.39 is 0 Å². The highest BCUT2D eigenvalue weighted by molar-refractivity contribution is 7.98. The van der Waals surface area contributed by atoms with Crippen LogP contribution in [0.5, 0.6) is 0 Å². The fraction of sp³-hybridized carbons (Fsp3) is 0.600. The maximum atomic E-state index is 11.7. The van der Waals surface area contributed by atoms with Gasteiger partial charge in [0.2, 0.25) is 0 Å². The Kier molecular flexibility index (Phi) is 4.68. The van der Waals surface area contributed by atoms with Gasteiger partial charge in [0, 0.05) is 11.7 Å². The molecule has 0 spiro atoms. The number of aryl methyl sites for hydroxylation is 1. The third-order valence-corrected chi connectivity index (χ3v) is 2.85. The van der Waals surface area contributed by atoms with Crippen LogP contribution in [0.25, 0.3) is 0 Å². The Labute approximate surface area is 94.2 Å². The molecule has 84 valence electrons. The number of aromatic nitrogens is 2. The summed E-state index contributed by atoms with van der Waals surface area (Å²) in [6.45, 7) is 3.86. The van der Waals surface area contributed by atoms with Crippen molar-refractivity contribution in [3.05, 3.63) is 17.5 Å². The van der Waals surface area contributed by atoms with Gasteiger partial charge in [-0.3, -0.25) is 9.89 Å². The van der Waals surface area contributed by atoms with E-state index in [1.807, 2.05) is 13.8 Å². The van der Waals surface area contributed by atoms with Gasteiger partial charge in [0.25, 0.3) is 5.91 Å². The van der Waals surface area contributed by atoms with E-state index >= 15 is 0 Å². The number of rotatable bonds is 5. The Morgan fingerprint density at radius 2 is 2.47 bits per heavy atom. The summed E-state index contributed by atoms with van der Waals surface area (Å²) < 4.78 is 0. The Balaban J connectivity index is 2.46. The zero-order chi connectivity index (χ0) is 11.3. The van der Waals surface area contributed by atoms with Crippen LogP contribution in [0.4, 0.5) is 0 Å². The molecular weight excluding hydrogens is 210 g/mol. The average Bonchev–Trinajstić information content (AvgIpc) is 2.61. The van der Waals surface area contributed by atoms with E-state index in [0.29, 0.717) is 5.56 Å². The maximum absolute atomic E-state index is 11.7. The molecule has 1 aromatic heterocycles. The number of H-pyrrole nitrogens is 1. The number of nitrogens with zero attached hydrogens (tertiary/aromatic N) is 1. The van der Waals surface area contributed by atoms with Gasteiger partial charge < -0.3 is 5.32 Å². The molecule has 0 aliphatic carbocycles. The van der Waals surface area contributed by atoms with Gasteiger partial charge in [-0.15, -0.1) is 0 Å². The van der Waals surface area contributed by atoms with E-state index in [0.717, 1.165) is 17.9 Å². The lowest BCUT2D eigenvalue weighted by atomic mass is 10.2. The summed E-state index contributed by atoms with van der Waals surface area (Å²) in [5.41, 5.74) is 1.44. The van der Waals surface area contributed by atoms with Gasteiger partial charge in [-0.2, -0.15) is 16.9 Å². The standard InChI is InChI=1S/C10H17N3OS/c1-7(4-5-15-3)12-10(14)9-6-11-13-8(9)2/h6-7H,4-5H2,1-3H3,(H,11,13)(H,12,14). The number of amides is 1. The molecule has 1 rings (SSSR count). The fourth-order valence-electron chi connectivity index (χ4n) is 1.25. The summed E-state index contributed by atoms with van der Waals surface area (Å²) in [7, 11) is 0. The smallest absolute Gasteiger partial charge is 0.254 e. The molecule has 1 atom stereocenters. The Morgan fingerprint density at radius 3 is 3.00 bits per heavy atom. The Bertz CT molecular complexity index is 324. The first-order chi connectivity index (χ1) is 7.15. The Morgan fingerprint density at radius 1 is 1.73 bits per heavy atom. The number of nitrogens with one attached hydrogen (secondary N) is 2. The van der Waals surface area contributed by atoms with Gasteiger partial charge in [-0.05, 0) is 32.3 Å². The molecule has 0 bridgehead atoms. The lowest BCUT2D eigenvalue weighted by Crippen LogP contribution is -2.33. The highest BCUT2D eigenvalue weighted by Gasteiger charge is 2.12. The first-order valence-electron chi connectivity index (χ1n) is 4.95. The molecule has 1 heterocycles. The first kappa shape index (κ1) is 12.1. The minimum Gasteiger partial charge on any atom is -0.349 e. The summed E-state index contributed by atoms with van der Waals surface area (Å²) in [5.74, 6) is 1.01. The van der Waals surface area contributed by atoms with Gasteiger partial charge >= 0.3 is 0 Å². The average molecular weight is 227 g/mol. The van der Waals surface area contributed by atoms with Crippen molar-refractivity contribution in [3.63, 3.8) is 0 Å². The van der Waals surface area contributed by atoms with Crippen LogP contribution in [0, 0.1) is 6.92 Å². The number of hydrogen-bond donors (Lipinski definition) is 2. The molecule has 0 fully saturated rings. The molecule has 4 nitrogen and oxygen atoms in total. The minimum atomic E-state index is -0.0464. The van der Waals surface area contributed by atoms with Gasteiger partial charge in [-0.25, -0.2) is 0 Å². The highest BCUT2D eigenvalue weighted by atomic mass is 32.2. The van der Waals surface area contributed by atoms with Crippen molar-refractivity contribution in [2.75, 3.05) is 12.0 Å². The SMILES string of the molecule is CSCCC(C)NC(=O)c1cn[nH]c1C. The van der Waals surface area contributed by atoms with Crippen LogP contribution in [0.1, 0.15) is 29.4 Å². The van der Waals surface area contributed by atoms with Crippen LogP contribution in [0.15, 0.2) is 6.20 Å². The molecule has 1 aromatic rings. The number of thioether (sulfide) groups is 1. The van der Waals surface area contributed by atoms with E-state index in [4.69, 9.17) is 0 Å². The predicted molar refractivity (Wildman–Crippen MR) is 63.3 cm³/mol. The largest absolute Gasteiger partial charge is 0.349 e. The maximum Gasteiger partial charge on any atom is 0.254 e. The van der Waals surface area contributed by atoms with E-state index in [9.17, 15) is 4.79 Å². The minimum absolute atomic E-state index is 0.0464. The van der Waals surface area contributed by atoms with Crippen LogP contribution in [0.3, 0.4) is 0 Å². The molecule has 2 N–H and O–H groups in total. The highest BCUT2D eigenvalue weighted by Crippen LogP contribution is 2.04. The predicted octanol–water partition coefficient (Wildman–Crippen LogP) is 1.59. The van der Waals surface area contributed by atoms with Crippen molar-refractivity contribution < 1.29 is 4.79 Å². The molecular formula is C10H17N3OS. The van der Waals surface area contributed by atoms with Crippen molar-refractivity contribution >= 4 is 17.7 Å². The number of hydrogen-bond acceptors (Lipinski definition) is 3. The molecule has 0 aliphatic heterocycles. The number of aromatic amines is 1. The third kappa shape index (κ3) is 3.58. The number of carbonyl (C=O) groups is 1. The molecule has 0 aromatic carbocycles. The third-order valence-electron chi connectivity index (χ3n) is 2.21. The monoisotopic (exact) mass is 227 g/mol. The van der Waals surface area contributed by atoms with Crippen molar-refractivity contribution in [1.82, 2.24) is 15.5 Å². The van der Waals surface area contributed by atoms with E-state index in [1.54, 1.807) is 18.0 Å². The van der Waals surface area contributed by atoms with Crippen molar-refractivity contribution in [2.45, 2.75) is 26.3 Å². The van der Waals surface area contributed by atoms with Crippen LogP contribution in [-0.4, -0.2) is 34.2 Å². The second-order valence-corrected chi connectivity index (χ2v) is 4.55. The Hall–Kier alpha value is -0.970. The van der Waals surface area contributed by atoms with Gasteiger partial charge in [0.05, 0.1) is 11.8 Å². The molecule has 1 unspecified atom stereocenters. The summed E-state index contributed by atoms with van der Waals surface area (Å²) in [4.78, 5) is 11.7. The van der Waals surface area contributed by atoms with Crippen molar-refractivity contribution in [3.8, 4) is 0 Å². The van der Waals surface area contributed by atoms with Crippen LogP contribution < -0.4 is 5.32 Å². The van der Waals surface area contributed by atoms with Crippen LogP contribution in [0.2, 0.25) is 0 Å². The number of carbonyl (C=O) groups excluding carboxylic acids is 1. The zero-order valence-corrected chi connectivity index (χ0v) is 10.1. The quantitative estimate of drug-likeness (QED) is 0.803. The van der Waals surface area contributed by atoms with Gasteiger partial charge in [0.15, 0.2) is 0 Å². The molecule has 1 amide bonds. The van der Waals surface area contributed by atoms with Crippen molar-refractivity contribution in [2.24, 2.45) is 0 Å². The summed E-state index contributed by atoms with van der Waals surface area (Å²) in [5, 5.41) is 9.52. The summed E-state index contributed by atoms with van der Waals surface area (Å²) in [6.07, 6.45) is 4.62. The summed E-state index contributed by atoms with van der Waals surface area (Å²) >= 11 is 1.79. The van der Waals surface area contributed by atoms with Crippen LogP contribution >= 0.6 is 11.8 Å². The molecule has 5 heteroatoms. The van der Waals surface area contributed by atoms with Crippen molar-refractivity contribution in [1.29, 1.82) is 0 Å².